The largest absolute Gasteiger partial charge is 0.340 e. The highest BCUT2D eigenvalue weighted by molar-refractivity contribution is 7.89. The third kappa shape index (κ3) is 5.12. The van der Waals surface area contributed by atoms with Crippen molar-refractivity contribution in [1.29, 1.82) is 0 Å². The van der Waals surface area contributed by atoms with Crippen molar-refractivity contribution in [2.75, 3.05) is 26.2 Å². The molecule has 1 aliphatic heterocycles. The molecule has 1 aliphatic rings. The summed E-state index contributed by atoms with van der Waals surface area (Å²) in [5.74, 6) is -0.0491. The molecule has 174 valence electrons. The first-order valence-electron chi connectivity index (χ1n) is 10.8. The first-order chi connectivity index (χ1) is 15.9. The number of nitrogens with zero attached hydrogens (tertiary/aromatic N) is 4. The van der Waals surface area contributed by atoms with E-state index in [4.69, 9.17) is 4.52 Å². The number of benzene rings is 2. The lowest BCUT2D eigenvalue weighted by atomic mass is 10.1. The van der Waals surface area contributed by atoms with Crippen LogP contribution >= 0.6 is 0 Å². The summed E-state index contributed by atoms with van der Waals surface area (Å²) in [7, 11) is -3.94. The number of hydrogen-bond acceptors (Lipinski definition) is 6. The first-order valence-corrected chi connectivity index (χ1v) is 12.3. The first kappa shape index (κ1) is 23.1. The van der Waals surface area contributed by atoms with Crippen LogP contribution in [0.15, 0.2) is 57.9 Å². The Morgan fingerprint density at radius 2 is 1.76 bits per heavy atom. The predicted octanol–water partition coefficient (Wildman–Crippen LogP) is 2.90. The van der Waals surface area contributed by atoms with Gasteiger partial charge < -0.3 is 9.42 Å². The minimum Gasteiger partial charge on any atom is -0.340 e. The van der Waals surface area contributed by atoms with Crippen LogP contribution < -0.4 is 0 Å². The molecule has 2 aromatic carbocycles. The van der Waals surface area contributed by atoms with Crippen molar-refractivity contribution in [3.63, 3.8) is 0 Å². The van der Waals surface area contributed by atoms with Gasteiger partial charge in [-0.15, -0.1) is 0 Å². The predicted molar refractivity (Wildman–Crippen MR) is 119 cm³/mol. The quantitative estimate of drug-likeness (QED) is 0.525. The maximum atomic E-state index is 14.0. The van der Waals surface area contributed by atoms with E-state index in [0.717, 1.165) is 18.1 Å². The van der Waals surface area contributed by atoms with Gasteiger partial charge in [-0.2, -0.15) is 9.29 Å². The van der Waals surface area contributed by atoms with Crippen LogP contribution in [-0.4, -0.2) is 59.8 Å². The van der Waals surface area contributed by atoms with Gasteiger partial charge in [-0.1, -0.05) is 48.5 Å². The molecular formula is C23H25FN4O4S. The maximum absolute atomic E-state index is 14.0. The lowest BCUT2D eigenvalue weighted by Gasteiger charge is -2.34. The van der Waals surface area contributed by atoms with Crippen LogP contribution in [0.2, 0.25) is 0 Å². The summed E-state index contributed by atoms with van der Waals surface area (Å²) in [6.07, 6.45) is 1.42. The Hall–Kier alpha value is -3.11. The van der Waals surface area contributed by atoms with Crippen molar-refractivity contribution in [3.8, 4) is 11.4 Å². The molecule has 0 atom stereocenters. The monoisotopic (exact) mass is 472 g/mol. The molecule has 1 saturated heterocycles. The summed E-state index contributed by atoms with van der Waals surface area (Å²) in [5, 5.41) is 3.99. The van der Waals surface area contributed by atoms with Crippen molar-refractivity contribution in [1.82, 2.24) is 19.3 Å². The Morgan fingerprint density at radius 3 is 2.42 bits per heavy atom. The van der Waals surface area contributed by atoms with Gasteiger partial charge in [0.25, 0.3) is 0 Å². The normalized spacial score (nSPS) is 15.0. The van der Waals surface area contributed by atoms with E-state index in [1.807, 2.05) is 24.3 Å². The molecule has 1 fully saturated rings. The van der Waals surface area contributed by atoms with Gasteiger partial charge in [0.05, 0.1) is 0 Å². The molecule has 4 rings (SSSR count). The van der Waals surface area contributed by atoms with Crippen molar-refractivity contribution in [3.05, 3.63) is 65.8 Å². The highest BCUT2D eigenvalue weighted by atomic mass is 32.2. The molecule has 10 heteroatoms. The van der Waals surface area contributed by atoms with Gasteiger partial charge >= 0.3 is 0 Å². The number of aryl methyl sites for hydroxylation is 2. The molecule has 8 nitrogen and oxygen atoms in total. The zero-order valence-electron chi connectivity index (χ0n) is 18.3. The third-order valence-electron chi connectivity index (χ3n) is 5.69. The Labute approximate surface area is 192 Å². The fourth-order valence-corrected chi connectivity index (χ4v) is 5.19. The van der Waals surface area contributed by atoms with E-state index in [0.29, 0.717) is 18.1 Å². The zero-order valence-corrected chi connectivity index (χ0v) is 19.1. The minimum atomic E-state index is -3.94. The standard InChI is InChI=1S/C23H25FN4O4S/c1-2-17-7-9-18(10-8-17)23-25-21(32-26-23)11-12-22(29)27-13-15-28(16-14-27)33(30,31)20-6-4-3-5-19(20)24/h3-10H,2,11-16H2,1H3. The van der Waals surface area contributed by atoms with Gasteiger partial charge in [0, 0.05) is 44.6 Å². The highest BCUT2D eigenvalue weighted by Crippen LogP contribution is 2.21. The van der Waals surface area contributed by atoms with Gasteiger partial charge in [-0.05, 0) is 24.1 Å². The zero-order chi connectivity index (χ0) is 23.4. The van der Waals surface area contributed by atoms with Crippen molar-refractivity contribution in [2.24, 2.45) is 0 Å². The van der Waals surface area contributed by atoms with Crippen LogP contribution in [-0.2, 0) is 27.7 Å². The van der Waals surface area contributed by atoms with Gasteiger partial charge in [0.2, 0.25) is 27.6 Å². The SMILES string of the molecule is CCc1ccc(-c2noc(CCC(=O)N3CCN(S(=O)(=O)c4ccccc4F)CC3)n2)cc1. The van der Waals surface area contributed by atoms with Gasteiger partial charge in [-0.25, -0.2) is 12.8 Å². The van der Waals surface area contributed by atoms with Crippen LogP contribution in [0.1, 0.15) is 24.8 Å². The topological polar surface area (TPSA) is 96.6 Å². The van der Waals surface area contributed by atoms with E-state index in [1.165, 1.54) is 28.1 Å². The number of sulfonamides is 1. The molecular weight excluding hydrogens is 447 g/mol. The molecule has 1 aromatic heterocycles. The highest BCUT2D eigenvalue weighted by Gasteiger charge is 2.31. The fourth-order valence-electron chi connectivity index (χ4n) is 3.71. The molecule has 3 aromatic rings. The summed E-state index contributed by atoms with van der Waals surface area (Å²) in [6, 6.07) is 13.2. The number of aromatic nitrogens is 2. The number of piperazine rings is 1. The van der Waals surface area contributed by atoms with Gasteiger partial charge in [-0.3, -0.25) is 4.79 Å². The van der Waals surface area contributed by atoms with Crippen molar-refractivity contribution < 1.29 is 22.1 Å². The number of hydrogen-bond donors (Lipinski definition) is 0. The van der Waals surface area contributed by atoms with Crippen molar-refractivity contribution in [2.45, 2.75) is 31.1 Å². The van der Waals surface area contributed by atoms with Crippen LogP contribution in [0, 0.1) is 5.82 Å². The lowest BCUT2D eigenvalue weighted by molar-refractivity contribution is -0.132. The van der Waals surface area contributed by atoms with Gasteiger partial charge in [0.1, 0.15) is 10.7 Å². The van der Waals surface area contributed by atoms with Crippen LogP contribution in [0.25, 0.3) is 11.4 Å². The molecule has 0 spiro atoms. The Balaban J connectivity index is 1.30. The molecule has 0 radical (unpaired) electrons. The number of halogens is 1. The summed E-state index contributed by atoms with van der Waals surface area (Å²) < 4.78 is 45.9. The number of carbonyl (C=O) groups is 1. The molecule has 0 aliphatic carbocycles. The fraction of sp³-hybridized carbons (Fsp3) is 0.348. The number of carbonyl (C=O) groups excluding carboxylic acids is 1. The smallest absolute Gasteiger partial charge is 0.246 e. The lowest BCUT2D eigenvalue weighted by Crippen LogP contribution is -2.50. The van der Waals surface area contributed by atoms with Crippen LogP contribution in [0.3, 0.4) is 0 Å². The Morgan fingerprint density at radius 1 is 1.06 bits per heavy atom. The summed E-state index contributed by atoms with van der Waals surface area (Å²) in [4.78, 5) is 18.2. The Kier molecular flexibility index (Phi) is 6.85. The van der Waals surface area contributed by atoms with Gasteiger partial charge in [0.15, 0.2) is 0 Å². The summed E-state index contributed by atoms with van der Waals surface area (Å²) in [6.45, 7) is 2.79. The molecule has 0 unspecified atom stereocenters. The molecule has 2 heterocycles. The van der Waals surface area contributed by atoms with E-state index < -0.39 is 15.8 Å². The molecule has 1 amide bonds. The molecule has 0 saturated carbocycles. The third-order valence-corrected chi connectivity index (χ3v) is 7.62. The van der Waals surface area contributed by atoms with E-state index in [9.17, 15) is 17.6 Å². The summed E-state index contributed by atoms with van der Waals surface area (Å²) in [5.41, 5.74) is 2.07. The van der Waals surface area contributed by atoms with Crippen LogP contribution in [0.4, 0.5) is 4.39 Å². The number of rotatable bonds is 7. The van der Waals surface area contributed by atoms with E-state index in [2.05, 4.69) is 17.1 Å². The minimum absolute atomic E-state index is 0.112. The molecule has 0 bridgehead atoms. The van der Waals surface area contributed by atoms with E-state index in [-0.39, 0.29) is 43.4 Å². The number of amides is 1. The molecule has 0 N–H and O–H groups in total. The molecule has 33 heavy (non-hydrogen) atoms. The summed E-state index contributed by atoms with van der Waals surface area (Å²) >= 11 is 0. The second-order valence-electron chi connectivity index (χ2n) is 7.78. The Bertz CT molecular complexity index is 1220. The van der Waals surface area contributed by atoms with Crippen molar-refractivity contribution >= 4 is 15.9 Å². The second kappa shape index (κ2) is 9.80. The second-order valence-corrected chi connectivity index (χ2v) is 9.68. The van der Waals surface area contributed by atoms with E-state index in [1.54, 1.807) is 4.90 Å². The van der Waals surface area contributed by atoms with E-state index >= 15 is 0 Å². The average Bonchev–Trinajstić information content (AvgIpc) is 3.32. The average molecular weight is 473 g/mol. The van der Waals surface area contributed by atoms with Crippen LogP contribution in [0.5, 0.6) is 0 Å². The maximum Gasteiger partial charge on any atom is 0.246 e.